The lowest BCUT2D eigenvalue weighted by Crippen LogP contribution is -2.31. The second-order valence-corrected chi connectivity index (χ2v) is 8.86. The molecule has 0 saturated carbocycles. The minimum Gasteiger partial charge on any atom is -0.489 e. The molecular formula is C26H21Cl2N5O2. The molecule has 3 aromatic carbocycles. The molecule has 176 valence electrons. The summed E-state index contributed by atoms with van der Waals surface area (Å²) in [6.45, 7) is 2.13. The topological polar surface area (TPSA) is 81.1 Å². The number of para-hydroxylation sites is 1. The number of hydrogen-bond acceptors (Lipinski definition) is 5. The normalized spacial score (nSPS) is 14.8. The molecule has 1 aliphatic heterocycles. The Morgan fingerprint density at radius 1 is 1.09 bits per heavy atom. The van der Waals surface area contributed by atoms with Gasteiger partial charge in [-0.1, -0.05) is 59.6 Å². The van der Waals surface area contributed by atoms with Crippen LogP contribution in [-0.4, -0.2) is 20.7 Å². The van der Waals surface area contributed by atoms with Gasteiger partial charge in [-0.15, -0.1) is 0 Å². The first-order chi connectivity index (χ1) is 17.0. The SMILES string of the molecule is CC1=C(C(=O)Nc2ccccc2)C(c2cccc(OCc3ccc(Cl)cc3Cl)c2)n2ncnc2N1. The molecule has 1 aliphatic rings. The van der Waals surface area contributed by atoms with Gasteiger partial charge in [0, 0.05) is 27.0 Å². The van der Waals surface area contributed by atoms with Gasteiger partial charge in [0.05, 0.1) is 5.57 Å². The summed E-state index contributed by atoms with van der Waals surface area (Å²) in [5.41, 5.74) is 3.59. The number of amides is 1. The molecule has 2 heterocycles. The molecule has 9 heteroatoms. The second kappa shape index (κ2) is 9.82. The fourth-order valence-electron chi connectivity index (χ4n) is 3.99. The lowest BCUT2D eigenvalue weighted by molar-refractivity contribution is -0.113. The van der Waals surface area contributed by atoms with Crippen molar-refractivity contribution in [2.24, 2.45) is 0 Å². The third-order valence-electron chi connectivity index (χ3n) is 5.65. The van der Waals surface area contributed by atoms with E-state index in [9.17, 15) is 4.79 Å². The second-order valence-electron chi connectivity index (χ2n) is 8.01. The van der Waals surface area contributed by atoms with Crippen molar-refractivity contribution in [1.82, 2.24) is 14.8 Å². The third-order valence-corrected chi connectivity index (χ3v) is 6.24. The summed E-state index contributed by atoms with van der Waals surface area (Å²) < 4.78 is 7.72. The van der Waals surface area contributed by atoms with Crippen molar-refractivity contribution in [2.45, 2.75) is 19.6 Å². The molecule has 5 rings (SSSR count). The van der Waals surface area contributed by atoms with Gasteiger partial charge in [0.25, 0.3) is 5.91 Å². The van der Waals surface area contributed by atoms with Gasteiger partial charge >= 0.3 is 0 Å². The summed E-state index contributed by atoms with van der Waals surface area (Å²) in [6, 6.07) is 21.7. The average Bonchev–Trinajstić information content (AvgIpc) is 3.31. The van der Waals surface area contributed by atoms with Gasteiger partial charge in [0.1, 0.15) is 24.7 Å². The van der Waals surface area contributed by atoms with Crippen molar-refractivity contribution in [3.05, 3.63) is 112 Å². The van der Waals surface area contributed by atoms with Crippen molar-refractivity contribution < 1.29 is 9.53 Å². The van der Waals surface area contributed by atoms with Crippen LogP contribution in [0.3, 0.4) is 0 Å². The highest BCUT2D eigenvalue weighted by Crippen LogP contribution is 2.36. The molecule has 1 atom stereocenters. The Kier molecular flexibility index (Phi) is 6.44. The molecule has 35 heavy (non-hydrogen) atoms. The molecule has 1 unspecified atom stereocenters. The molecule has 0 radical (unpaired) electrons. The molecule has 2 N–H and O–H groups in total. The van der Waals surface area contributed by atoms with E-state index in [2.05, 4.69) is 20.7 Å². The summed E-state index contributed by atoms with van der Waals surface area (Å²) in [5.74, 6) is 0.962. The largest absolute Gasteiger partial charge is 0.489 e. The smallest absolute Gasteiger partial charge is 0.255 e. The fourth-order valence-corrected chi connectivity index (χ4v) is 4.45. The van der Waals surface area contributed by atoms with Crippen molar-refractivity contribution >= 4 is 40.7 Å². The number of benzene rings is 3. The van der Waals surface area contributed by atoms with Gasteiger partial charge in [-0.25, -0.2) is 4.68 Å². The minimum atomic E-state index is -0.500. The number of rotatable bonds is 6. The first-order valence-corrected chi connectivity index (χ1v) is 11.7. The molecule has 7 nitrogen and oxygen atoms in total. The standard InChI is InChI=1S/C26H21Cl2N5O2/c1-16-23(25(34)32-20-7-3-2-4-8-20)24(33-26(31-16)29-15-30-33)17-6-5-9-21(12-17)35-14-18-10-11-19(27)13-22(18)28/h2-13,15,24H,14H2,1H3,(H,32,34)(H,29,30,31). The first-order valence-electron chi connectivity index (χ1n) is 10.9. The highest BCUT2D eigenvalue weighted by atomic mass is 35.5. The van der Waals surface area contributed by atoms with E-state index in [1.807, 2.05) is 67.6 Å². The van der Waals surface area contributed by atoms with Crippen LogP contribution in [0.4, 0.5) is 11.6 Å². The average molecular weight is 506 g/mol. The van der Waals surface area contributed by atoms with Gasteiger partial charge in [-0.05, 0) is 48.9 Å². The lowest BCUT2D eigenvalue weighted by Gasteiger charge is -2.29. The maximum atomic E-state index is 13.4. The maximum Gasteiger partial charge on any atom is 0.255 e. The Hall–Kier alpha value is -3.81. The maximum absolute atomic E-state index is 13.4. The molecule has 0 aliphatic carbocycles. The zero-order valence-electron chi connectivity index (χ0n) is 18.7. The van der Waals surface area contributed by atoms with Crippen LogP contribution in [0.5, 0.6) is 5.75 Å². The summed E-state index contributed by atoms with van der Waals surface area (Å²) in [4.78, 5) is 17.7. The van der Waals surface area contributed by atoms with Crippen LogP contribution in [-0.2, 0) is 11.4 Å². The highest BCUT2D eigenvalue weighted by Gasteiger charge is 2.33. The fraction of sp³-hybridized carbons (Fsp3) is 0.115. The number of anilines is 2. The Morgan fingerprint density at radius 3 is 2.71 bits per heavy atom. The minimum absolute atomic E-state index is 0.230. The van der Waals surface area contributed by atoms with Crippen LogP contribution in [0.1, 0.15) is 24.1 Å². The van der Waals surface area contributed by atoms with Crippen LogP contribution in [0.2, 0.25) is 10.0 Å². The molecule has 1 aromatic heterocycles. The molecule has 4 aromatic rings. The lowest BCUT2D eigenvalue weighted by atomic mass is 9.95. The van der Waals surface area contributed by atoms with Crippen molar-refractivity contribution in [2.75, 3.05) is 10.6 Å². The highest BCUT2D eigenvalue weighted by molar-refractivity contribution is 6.35. The van der Waals surface area contributed by atoms with E-state index in [0.717, 1.165) is 11.1 Å². The number of carbonyl (C=O) groups excluding carboxylic acids is 1. The molecular weight excluding hydrogens is 485 g/mol. The predicted octanol–water partition coefficient (Wildman–Crippen LogP) is 6.09. The van der Waals surface area contributed by atoms with E-state index in [4.69, 9.17) is 27.9 Å². The number of nitrogens with one attached hydrogen (secondary N) is 2. The van der Waals surface area contributed by atoms with Gasteiger partial charge in [0.15, 0.2) is 0 Å². The van der Waals surface area contributed by atoms with E-state index in [0.29, 0.717) is 38.7 Å². The number of carbonyl (C=O) groups is 1. The molecule has 0 saturated heterocycles. The Labute approximate surface area is 212 Å². The number of nitrogens with zero attached hydrogens (tertiary/aromatic N) is 3. The Bertz CT molecular complexity index is 1420. The predicted molar refractivity (Wildman–Crippen MR) is 137 cm³/mol. The van der Waals surface area contributed by atoms with Crippen LogP contribution in [0.15, 0.2) is 90.4 Å². The van der Waals surface area contributed by atoms with E-state index < -0.39 is 6.04 Å². The van der Waals surface area contributed by atoms with Gasteiger partial charge in [-0.3, -0.25) is 4.79 Å². The number of fused-ring (bicyclic) bond motifs is 1. The van der Waals surface area contributed by atoms with E-state index >= 15 is 0 Å². The van der Waals surface area contributed by atoms with Crippen molar-refractivity contribution in [3.63, 3.8) is 0 Å². The quantitative estimate of drug-likeness (QED) is 0.331. The summed E-state index contributed by atoms with van der Waals surface area (Å²) in [7, 11) is 0. The van der Waals surface area contributed by atoms with Gasteiger partial charge in [0.2, 0.25) is 5.95 Å². The van der Waals surface area contributed by atoms with Crippen molar-refractivity contribution in [1.29, 1.82) is 0 Å². The van der Waals surface area contributed by atoms with Crippen LogP contribution >= 0.6 is 23.2 Å². The van der Waals surface area contributed by atoms with Gasteiger partial charge in [-0.2, -0.15) is 10.1 Å². The number of aromatic nitrogens is 3. The molecule has 0 fully saturated rings. The third kappa shape index (κ3) is 4.87. The number of hydrogen-bond donors (Lipinski definition) is 2. The Balaban J connectivity index is 1.46. The van der Waals surface area contributed by atoms with E-state index in [-0.39, 0.29) is 12.5 Å². The summed E-state index contributed by atoms with van der Waals surface area (Å²) in [6.07, 6.45) is 1.46. The summed E-state index contributed by atoms with van der Waals surface area (Å²) >= 11 is 12.3. The van der Waals surface area contributed by atoms with E-state index in [1.54, 1.807) is 16.8 Å². The number of halogens is 2. The van der Waals surface area contributed by atoms with Gasteiger partial charge < -0.3 is 15.4 Å². The first kappa shape index (κ1) is 23.0. The molecule has 0 bridgehead atoms. The van der Waals surface area contributed by atoms with E-state index in [1.165, 1.54) is 6.33 Å². The summed E-state index contributed by atoms with van der Waals surface area (Å²) in [5, 5.41) is 11.7. The number of ether oxygens (including phenoxy) is 1. The Morgan fingerprint density at radius 2 is 1.91 bits per heavy atom. The molecule has 1 amide bonds. The zero-order valence-corrected chi connectivity index (χ0v) is 20.2. The van der Waals surface area contributed by atoms with Crippen molar-refractivity contribution in [3.8, 4) is 5.75 Å². The van der Waals surface area contributed by atoms with Crippen LogP contribution in [0, 0.1) is 0 Å². The molecule has 0 spiro atoms. The van der Waals surface area contributed by atoms with Crippen LogP contribution in [0.25, 0.3) is 0 Å². The number of allylic oxidation sites excluding steroid dienone is 1. The zero-order chi connectivity index (χ0) is 24.4. The van der Waals surface area contributed by atoms with Crippen LogP contribution < -0.4 is 15.4 Å². The monoisotopic (exact) mass is 505 g/mol.